The Morgan fingerprint density at radius 3 is 2.41 bits per heavy atom. The average Bonchev–Trinajstić information content (AvgIpc) is 3.66. The van der Waals surface area contributed by atoms with Crippen molar-refractivity contribution in [2.75, 3.05) is 13.2 Å². The van der Waals surface area contributed by atoms with Crippen LogP contribution in [0.25, 0.3) is 0 Å². The maximum absolute atomic E-state index is 13.3. The summed E-state index contributed by atoms with van der Waals surface area (Å²) < 4.78 is 54.7. The van der Waals surface area contributed by atoms with E-state index in [9.17, 15) is 28.2 Å². The molecule has 1 aliphatic carbocycles. The Morgan fingerprint density at radius 2 is 1.82 bits per heavy atom. The van der Waals surface area contributed by atoms with Gasteiger partial charge in [-0.05, 0) is 76.6 Å². The summed E-state index contributed by atoms with van der Waals surface area (Å²) in [5.74, 6) is -0.902. The third-order valence-corrected chi connectivity index (χ3v) is 6.87. The van der Waals surface area contributed by atoms with Gasteiger partial charge in [-0.25, -0.2) is 4.79 Å². The number of aliphatic hydroxyl groups is 2. The smallest absolute Gasteiger partial charge is 0.490 e. The van der Waals surface area contributed by atoms with Crippen molar-refractivity contribution in [3.05, 3.63) is 59.7 Å². The molecule has 10 heteroatoms. The van der Waals surface area contributed by atoms with Gasteiger partial charge in [0.05, 0.1) is 24.4 Å². The van der Waals surface area contributed by atoms with E-state index in [1.54, 1.807) is 32.9 Å². The van der Waals surface area contributed by atoms with Crippen LogP contribution in [0.2, 0.25) is 0 Å². The zero-order chi connectivity index (χ0) is 28.4. The summed E-state index contributed by atoms with van der Waals surface area (Å²) in [6.45, 7) is 5.17. The van der Waals surface area contributed by atoms with Crippen LogP contribution < -0.4 is 9.47 Å². The second-order valence-corrected chi connectivity index (χ2v) is 11.3. The monoisotopic (exact) mass is 551 g/mol. The number of hydrogen-bond acceptors (Lipinski definition) is 6. The fraction of sp³-hybridized carbons (Fsp3) is 0.552. The Morgan fingerprint density at radius 1 is 1.13 bits per heavy atom. The van der Waals surface area contributed by atoms with E-state index in [1.807, 2.05) is 18.2 Å². The first-order chi connectivity index (χ1) is 18.3. The molecule has 0 bridgehead atoms. The third-order valence-electron chi connectivity index (χ3n) is 6.87. The highest BCUT2D eigenvalue weighted by Gasteiger charge is 2.48. The fourth-order valence-corrected chi connectivity index (χ4v) is 5.18. The van der Waals surface area contributed by atoms with Crippen LogP contribution in [-0.2, 0) is 4.74 Å². The molecule has 0 spiro atoms. The summed E-state index contributed by atoms with van der Waals surface area (Å²) >= 11 is 0. The molecule has 1 saturated carbocycles. The molecule has 2 fully saturated rings. The molecule has 1 saturated heterocycles. The van der Waals surface area contributed by atoms with Gasteiger partial charge in [-0.15, -0.1) is 13.2 Å². The maximum Gasteiger partial charge on any atom is 0.573 e. The van der Waals surface area contributed by atoms with Crippen molar-refractivity contribution in [1.29, 1.82) is 0 Å². The normalized spacial score (nSPS) is 22.8. The van der Waals surface area contributed by atoms with E-state index in [-0.39, 0.29) is 12.5 Å². The lowest BCUT2D eigenvalue weighted by atomic mass is 9.74. The highest BCUT2D eigenvalue weighted by molar-refractivity contribution is 5.69. The molecule has 0 unspecified atom stereocenters. The number of ether oxygens (including phenoxy) is 3. The van der Waals surface area contributed by atoms with Crippen LogP contribution >= 0.6 is 0 Å². The minimum Gasteiger partial charge on any atom is -0.490 e. The van der Waals surface area contributed by atoms with Crippen molar-refractivity contribution < 1.29 is 42.4 Å². The van der Waals surface area contributed by atoms with Crippen molar-refractivity contribution in [3.63, 3.8) is 0 Å². The number of rotatable bonds is 8. The summed E-state index contributed by atoms with van der Waals surface area (Å²) in [6, 6.07) is 12.0. The topological polar surface area (TPSA) is 88.5 Å². The Balaban J connectivity index is 1.71. The van der Waals surface area contributed by atoms with Crippen molar-refractivity contribution in [2.45, 2.75) is 88.5 Å². The predicted octanol–water partition coefficient (Wildman–Crippen LogP) is 6.10. The van der Waals surface area contributed by atoms with E-state index < -0.39 is 48.0 Å². The Hall–Kier alpha value is -2.98. The molecule has 4 rings (SSSR count). The average molecular weight is 552 g/mol. The lowest BCUT2D eigenvalue weighted by Gasteiger charge is -2.48. The molecule has 1 heterocycles. The Kier molecular flexibility index (Phi) is 8.37. The Labute approximate surface area is 226 Å². The summed E-state index contributed by atoms with van der Waals surface area (Å²) in [6.07, 6.45) is -3.12. The summed E-state index contributed by atoms with van der Waals surface area (Å²) in [4.78, 5) is 14.8. The van der Waals surface area contributed by atoms with E-state index in [2.05, 4.69) is 4.74 Å². The van der Waals surface area contributed by atoms with Crippen molar-refractivity contribution >= 4 is 6.09 Å². The molecule has 214 valence electrons. The summed E-state index contributed by atoms with van der Waals surface area (Å²) in [7, 11) is 0. The number of likely N-dealkylation sites (tertiary alicyclic amines) is 1. The maximum atomic E-state index is 13.3. The second-order valence-electron chi connectivity index (χ2n) is 11.3. The third kappa shape index (κ3) is 7.57. The van der Waals surface area contributed by atoms with Crippen LogP contribution in [0, 0.1) is 0 Å². The van der Waals surface area contributed by atoms with E-state index >= 15 is 0 Å². The van der Waals surface area contributed by atoms with Gasteiger partial charge in [0.2, 0.25) is 0 Å². The number of amides is 1. The Bertz CT molecular complexity index is 1130. The van der Waals surface area contributed by atoms with Crippen LogP contribution in [0.1, 0.15) is 76.0 Å². The van der Waals surface area contributed by atoms with Gasteiger partial charge < -0.3 is 24.4 Å². The number of carbonyl (C=O) groups excluding carboxylic acids is 1. The second kappa shape index (κ2) is 11.3. The van der Waals surface area contributed by atoms with Crippen molar-refractivity contribution in [2.24, 2.45) is 0 Å². The largest absolute Gasteiger partial charge is 0.573 e. The van der Waals surface area contributed by atoms with Gasteiger partial charge in [0, 0.05) is 18.0 Å². The molecule has 0 radical (unpaired) electrons. The van der Waals surface area contributed by atoms with Crippen LogP contribution in [0.4, 0.5) is 18.0 Å². The van der Waals surface area contributed by atoms with Crippen LogP contribution in [0.3, 0.4) is 0 Å². The molecular weight excluding hydrogens is 515 g/mol. The number of hydrogen-bond donors (Lipinski definition) is 2. The lowest BCUT2D eigenvalue weighted by molar-refractivity contribution is -0.274. The van der Waals surface area contributed by atoms with Gasteiger partial charge in [0.25, 0.3) is 0 Å². The number of benzene rings is 2. The minimum absolute atomic E-state index is 0.0428. The standard InChI is InChI=1S/C29H36F3NO6/c1-27(2,3)39-26(35)33-15-7-14-28(36,25(33)19-8-5-4-6-9-19)17-20(18-34)23-16-22(38-29(30,31)32)12-13-24(23)37-21-10-11-21/h4-6,8-9,12-13,16,20-21,25,34,36H,7,10-11,14-15,17-18H2,1-3H3/t20-,25+,28-/m0/s1. The zero-order valence-electron chi connectivity index (χ0n) is 22.4. The predicted molar refractivity (Wildman–Crippen MR) is 138 cm³/mol. The zero-order valence-corrected chi connectivity index (χ0v) is 22.4. The molecule has 1 amide bonds. The molecule has 39 heavy (non-hydrogen) atoms. The van der Waals surface area contributed by atoms with E-state index in [0.29, 0.717) is 36.3 Å². The molecule has 3 atom stereocenters. The van der Waals surface area contributed by atoms with E-state index in [1.165, 1.54) is 23.1 Å². The quantitative estimate of drug-likeness (QED) is 0.413. The minimum atomic E-state index is -4.89. The van der Waals surface area contributed by atoms with Gasteiger partial charge in [-0.2, -0.15) is 0 Å². The van der Waals surface area contributed by atoms with Gasteiger partial charge in [0.1, 0.15) is 17.1 Å². The molecule has 7 nitrogen and oxygen atoms in total. The van der Waals surface area contributed by atoms with Gasteiger partial charge in [0.15, 0.2) is 0 Å². The van der Waals surface area contributed by atoms with Crippen molar-refractivity contribution in [3.8, 4) is 11.5 Å². The number of halogens is 3. The molecule has 2 N–H and O–H groups in total. The number of nitrogens with zero attached hydrogens (tertiary/aromatic N) is 1. The number of piperidine rings is 1. The molecular formula is C29H36F3NO6. The van der Waals surface area contributed by atoms with Gasteiger partial charge >= 0.3 is 12.5 Å². The number of aliphatic hydroxyl groups excluding tert-OH is 1. The first kappa shape index (κ1) is 29.0. The summed E-state index contributed by atoms with van der Waals surface area (Å²) in [5, 5.41) is 22.7. The van der Waals surface area contributed by atoms with Crippen LogP contribution in [-0.4, -0.2) is 58.0 Å². The molecule has 0 aromatic heterocycles. The van der Waals surface area contributed by atoms with E-state index in [4.69, 9.17) is 9.47 Å². The molecule has 2 aromatic carbocycles. The van der Waals surface area contributed by atoms with Gasteiger partial charge in [-0.3, -0.25) is 4.90 Å². The molecule has 1 aliphatic heterocycles. The van der Waals surface area contributed by atoms with E-state index in [0.717, 1.165) is 12.8 Å². The number of carbonyl (C=O) groups is 1. The fourth-order valence-electron chi connectivity index (χ4n) is 5.18. The highest BCUT2D eigenvalue weighted by Crippen LogP contribution is 2.47. The van der Waals surface area contributed by atoms with Crippen LogP contribution in [0.5, 0.6) is 11.5 Å². The SMILES string of the molecule is CC(C)(C)OC(=O)N1CCC[C@](O)(C[C@@H](CO)c2cc(OC(F)(F)F)ccc2OC2CC2)[C@H]1c1ccccc1. The lowest BCUT2D eigenvalue weighted by Crippen LogP contribution is -2.54. The summed E-state index contributed by atoms with van der Waals surface area (Å²) in [5.41, 5.74) is -1.29. The number of alkyl halides is 3. The van der Waals surface area contributed by atoms with Crippen molar-refractivity contribution in [1.82, 2.24) is 4.90 Å². The molecule has 2 aliphatic rings. The highest BCUT2D eigenvalue weighted by atomic mass is 19.4. The first-order valence-electron chi connectivity index (χ1n) is 13.2. The van der Waals surface area contributed by atoms with Crippen LogP contribution in [0.15, 0.2) is 48.5 Å². The molecule has 2 aromatic rings. The first-order valence-corrected chi connectivity index (χ1v) is 13.2. The van der Waals surface area contributed by atoms with Gasteiger partial charge in [-0.1, -0.05) is 30.3 Å².